The first kappa shape index (κ1) is 13.7. The molecule has 1 aromatic heterocycles. The number of aromatic nitrogens is 3. The molecule has 2 aromatic rings. The van der Waals surface area contributed by atoms with Gasteiger partial charge in [0.1, 0.15) is 12.4 Å². The number of nitriles is 1. The van der Waals surface area contributed by atoms with Crippen LogP contribution in [-0.4, -0.2) is 21.3 Å². The molecule has 5 nitrogen and oxygen atoms in total. The highest BCUT2D eigenvalue weighted by atomic mass is 79.9. The van der Waals surface area contributed by atoms with Crippen molar-refractivity contribution in [1.82, 2.24) is 20.1 Å². The summed E-state index contributed by atoms with van der Waals surface area (Å²) in [6.07, 6.45) is 1.56. The maximum atomic E-state index is 8.81. The Kier molecular flexibility index (Phi) is 4.30. The lowest BCUT2D eigenvalue weighted by molar-refractivity contribution is 0.593. The molecule has 0 radical (unpaired) electrons. The monoisotopic (exact) mass is 319 g/mol. The van der Waals surface area contributed by atoms with E-state index in [4.69, 9.17) is 5.26 Å². The van der Waals surface area contributed by atoms with Crippen LogP contribution < -0.4 is 5.32 Å². The maximum Gasteiger partial charge on any atom is 0.252 e. The Morgan fingerprint density at radius 2 is 2.32 bits per heavy atom. The lowest BCUT2D eigenvalue weighted by Crippen LogP contribution is -2.19. The summed E-state index contributed by atoms with van der Waals surface area (Å²) in [4.78, 5) is 3.94. The molecule has 1 N–H and O–H groups in total. The van der Waals surface area contributed by atoms with Crippen LogP contribution in [0.2, 0.25) is 0 Å². The normalized spacial score (nSPS) is 12.1. The lowest BCUT2D eigenvalue weighted by atomic mass is 10.1. The number of benzene rings is 1. The van der Waals surface area contributed by atoms with Crippen molar-refractivity contribution in [3.63, 3.8) is 0 Å². The van der Waals surface area contributed by atoms with E-state index in [2.05, 4.69) is 45.2 Å². The van der Waals surface area contributed by atoms with Crippen molar-refractivity contribution in [2.24, 2.45) is 0 Å². The molecular formula is C13H14BrN5. The molecule has 0 saturated carbocycles. The Morgan fingerprint density at radius 3 is 2.95 bits per heavy atom. The van der Waals surface area contributed by atoms with E-state index in [9.17, 15) is 0 Å². The standard InChI is InChI=1S/C13H14BrN5/c1-3-16-9(2)11-5-4-10(14)6-12(11)19-8-17-13(7-15)18-19/h4-6,8-9,16H,3H2,1-2H3. The second-order valence-electron chi connectivity index (χ2n) is 4.11. The number of nitrogens with zero attached hydrogens (tertiary/aromatic N) is 4. The molecule has 1 atom stereocenters. The van der Waals surface area contributed by atoms with Crippen LogP contribution in [0.5, 0.6) is 0 Å². The average Bonchev–Trinajstić information content (AvgIpc) is 2.87. The van der Waals surface area contributed by atoms with Gasteiger partial charge in [-0.3, -0.25) is 0 Å². The van der Waals surface area contributed by atoms with Crippen molar-refractivity contribution >= 4 is 15.9 Å². The summed E-state index contributed by atoms with van der Waals surface area (Å²) in [6.45, 7) is 5.05. The molecule has 1 aromatic carbocycles. The molecule has 0 spiro atoms. The summed E-state index contributed by atoms with van der Waals surface area (Å²) in [5.74, 6) is 0.169. The Balaban J connectivity index is 2.48. The van der Waals surface area contributed by atoms with Crippen molar-refractivity contribution in [1.29, 1.82) is 5.26 Å². The summed E-state index contributed by atoms with van der Waals surface area (Å²) >= 11 is 3.46. The minimum Gasteiger partial charge on any atom is -0.310 e. The Bertz CT molecular complexity index is 614. The van der Waals surface area contributed by atoms with Crippen LogP contribution in [0.15, 0.2) is 29.0 Å². The molecule has 2 rings (SSSR count). The summed E-state index contributed by atoms with van der Waals surface area (Å²) in [5.41, 5.74) is 2.02. The SMILES string of the molecule is CCNC(C)c1ccc(Br)cc1-n1cnc(C#N)n1. The van der Waals surface area contributed by atoms with E-state index < -0.39 is 0 Å². The summed E-state index contributed by atoms with van der Waals surface area (Å²) in [6, 6.07) is 8.14. The number of hydrogen-bond donors (Lipinski definition) is 1. The minimum absolute atomic E-state index is 0.169. The molecule has 19 heavy (non-hydrogen) atoms. The van der Waals surface area contributed by atoms with Gasteiger partial charge in [-0.15, -0.1) is 5.10 Å². The number of halogens is 1. The van der Waals surface area contributed by atoms with E-state index in [0.717, 1.165) is 22.3 Å². The fourth-order valence-electron chi connectivity index (χ4n) is 1.93. The first-order chi connectivity index (χ1) is 9.15. The molecule has 1 heterocycles. The molecule has 0 saturated heterocycles. The Labute approximate surface area is 120 Å². The largest absolute Gasteiger partial charge is 0.310 e. The highest BCUT2D eigenvalue weighted by Crippen LogP contribution is 2.25. The van der Waals surface area contributed by atoms with E-state index in [0.29, 0.717) is 0 Å². The van der Waals surface area contributed by atoms with Crippen LogP contribution in [0.4, 0.5) is 0 Å². The summed E-state index contributed by atoms with van der Waals surface area (Å²) in [5, 5.41) is 16.3. The zero-order valence-electron chi connectivity index (χ0n) is 10.8. The molecule has 0 aliphatic carbocycles. The van der Waals surface area contributed by atoms with E-state index in [-0.39, 0.29) is 11.9 Å². The number of nitrogens with one attached hydrogen (secondary N) is 1. The van der Waals surface area contributed by atoms with Gasteiger partial charge in [0, 0.05) is 10.5 Å². The third-order valence-corrected chi connectivity index (χ3v) is 3.30. The zero-order valence-corrected chi connectivity index (χ0v) is 12.3. The molecule has 0 bridgehead atoms. The molecular weight excluding hydrogens is 306 g/mol. The summed E-state index contributed by atoms with van der Waals surface area (Å²) < 4.78 is 2.59. The molecule has 0 fully saturated rings. The van der Waals surface area contributed by atoms with Gasteiger partial charge < -0.3 is 5.32 Å². The van der Waals surface area contributed by atoms with Crippen molar-refractivity contribution in [2.75, 3.05) is 6.54 Å². The second kappa shape index (κ2) is 5.95. The predicted octanol–water partition coefficient (Wildman–Crippen LogP) is 2.57. The van der Waals surface area contributed by atoms with Crippen LogP contribution >= 0.6 is 15.9 Å². The number of rotatable bonds is 4. The van der Waals surface area contributed by atoms with Gasteiger partial charge in [0.25, 0.3) is 5.82 Å². The van der Waals surface area contributed by atoms with Crippen molar-refractivity contribution in [2.45, 2.75) is 19.9 Å². The minimum atomic E-state index is 0.169. The van der Waals surface area contributed by atoms with Gasteiger partial charge >= 0.3 is 0 Å². The highest BCUT2D eigenvalue weighted by Gasteiger charge is 2.13. The van der Waals surface area contributed by atoms with Crippen LogP contribution in [0, 0.1) is 11.3 Å². The van der Waals surface area contributed by atoms with Gasteiger partial charge in [0.05, 0.1) is 5.69 Å². The Hall–Kier alpha value is -1.71. The Morgan fingerprint density at radius 1 is 1.53 bits per heavy atom. The van der Waals surface area contributed by atoms with Crippen LogP contribution in [0.1, 0.15) is 31.3 Å². The molecule has 6 heteroatoms. The van der Waals surface area contributed by atoms with E-state index in [1.165, 1.54) is 0 Å². The van der Waals surface area contributed by atoms with Crippen molar-refractivity contribution in [3.05, 3.63) is 40.4 Å². The topological polar surface area (TPSA) is 66.5 Å². The van der Waals surface area contributed by atoms with Gasteiger partial charge in [0.2, 0.25) is 0 Å². The van der Waals surface area contributed by atoms with Crippen molar-refractivity contribution < 1.29 is 0 Å². The molecule has 0 aliphatic heterocycles. The number of hydrogen-bond acceptors (Lipinski definition) is 4. The lowest BCUT2D eigenvalue weighted by Gasteiger charge is -2.17. The van der Waals surface area contributed by atoms with Gasteiger partial charge in [-0.2, -0.15) is 5.26 Å². The van der Waals surface area contributed by atoms with E-state index in [1.54, 1.807) is 11.0 Å². The van der Waals surface area contributed by atoms with Gasteiger partial charge in [-0.05, 0) is 31.2 Å². The van der Waals surface area contributed by atoms with Gasteiger partial charge in [-0.1, -0.05) is 28.9 Å². The first-order valence-electron chi connectivity index (χ1n) is 6.00. The molecule has 1 unspecified atom stereocenters. The maximum absolute atomic E-state index is 8.81. The van der Waals surface area contributed by atoms with E-state index in [1.807, 2.05) is 24.3 Å². The second-order valence-corrected chi connectivity index (χ2v) is 5.02. The van der Waals surface area contributed by atoms with E-state index >= 15 is 0 Å². The zero-order chi connectivity index (χ0) is 13.8. The van der Waals surface area contributed by atoms with Crippen LogP contribution in [0.25, 0.3) is 5.69 Å². The third-order valence-electron chi connectivity index (χ3n) is 2.81. The summed E-state index contributed by atoms with van der Waals surface area (Å²) in [7, 11) is 0. The molecule has 98 valence electrons. The first-order valence-corrected chi connectivity index (χ1v) is 6.80. The van der Waals surface area contributed by atoms with Crippen molar-refractivity contribution in [3.8, 4) is 11.8 Å². The van der Waals surface area contributed by atoms with Gasteiger partial charge in [0.15, 0.2) is 0 Å². The quantitative estimate of drug-likeness (QED) is 0.940. The smallest absolute Gasteiger partial charge is 0.252 e. The van der Waals surface area contributed by atoms with Gasteiger partial charge in [-0.25, -0.2) is 9.67 Å². The fourth-order valence-corrected chi connectivity index (χ4v) is 2.28. The third kappa shape index (κ3) is 3.00. The molecule has 0 aliphatic rings. The predicted molar refractivity (Wildman–Crippen MR) is 75.9 cm³/mol. The fraction of sp³-hybridized carbons (Fsp3) is 0.308. The molecule has 0 amide bonds. The van der Waals surface area contributed by atoms with Crippen LogP contribution in [0.3, 0.4) is 0 Å². The average molecular weight is 320 g/mol. The highest BCUT2D eigenvalue weighted by molar-refractivity contribution is 9.10. The van der Waals surface area contributed by atoms with Crippen LogP contribution in [-0.2, 0) is 0 Å².